The van der Waals surface area contributed by atoms with E-state index in [2.05, 4.69) is 0 Å². The first kappa shape index (κ1) is 15.2. The number of unbranched alkanes of at least 4 members (excludes halogenated alkanes) is 1. The van der Waals surface area contributed by atoms with Gasteiger partial charge in [-0.2, -0.15) is 0 Å². The smallest absolute Gasteiger partial charge is 0.310 e. The van der Waals surface area contributed by atoms with Crippen LogP contribution in [-0.4, -0.2) is 22.2 Å². The van der Waals surface area contributed by atoms with Crippen molar-refractivity contribution in [2.75, 3.05) is 0 Å². The number of aliphatic carboxylic acids is 2. The summed E-state index contributed by atoms with van der Waals surface area (Å²) in [5, 5.41) is 18.1. The predicted molar refractivity (Wildman–Crippen MR) is 72.3 cm³/mol. The van der Waals surface area contributed by atoms with Crippen molar-refractivity contribution in [3.8, 4) is 0 Å². The van der Waals surface area contributed by atoms with Gasteiger partial charge in [0.25, 0.3) is 0 Å². The molecule has 4 nitrogen and oxygen atoms in total. The molecule has 1 aromatic rings. The van der Waals surface area contributed by atoms with Crippen LogP contribution in [0.15, 0.2) is 24.3 Å². The van der Waals surface area contributed by atoms with Crippen LogP contribution < -0.4 is 0 Å². The minimum absolute atomic E-state index is 0.0249. The highest BCUT2D eigenvalue weighted by Crippen LogP contribution is 2.26. The Labute approximate surface area is 113 Å². The molecule has 0 aliphatic rings. The van der Waals surface area contributed by atoms with Crippen LogP contribution >= 0.6 is 0 Å². The molecule has 4 heteroatoms. The first-order valence-corrected chi connectivity index (χ1v) is 6.58. The topological polar surface area (TPSA) is 74.6 Å². The molecular weight excluding hydrogens is 244 g/mol. The maximum Gasteiger partial charge on any atom is 0.310 e. The van der Waals surface area contributed by atoms with Gasteiger partial charge < -0.3 is 10.2 Å². The number of carboxylic acids is 2. The van der Waals surface area contributed by atoms with E-state index in [0.29, 0.717) is 12.8 Å². The van der Waals surface area contributed by atoms with Crippen LogP contribution in [0.2, 0.25) is 0 Å². The second-order valence-corrected chi connectivity index (χ2v) is 4.63. The van der Waals surface area contributed by atoms with Crippen LogP contribution in [-0.2, 0) is 16.0 Å². The van der Waals surface area contributed by atoms with E-state index in [9.17, 15) is 14.7 Å². The number of benzene rings is 1. The Morgan fingerprint density at radius 2 is 1.89 bits per heavy atom. The number of rotatable bonds is 8. The molecule has 0 radical (unpaired) electrons. The molecule has 19 heavy (non-hydrogen) atoms. The predicted octanol–water partition coefficient (Wildman–Crippen LogP) is 3.06. The Bertz CT molecular complexity index is 440. The van der Waals surface area contributed by atoms with Gasteiger partial charge in [0.15, 0.2) is 0 Å². The zero-order valence-electron chi connectivity index (χ0n) is 11.1. The molecule has 0 heterocycles. The van der Waals surface area contributed by atoms with Crippen molar-refractivity contribution in [2.24, 2.45) is 0 Å². The van der Waals surface area contributed by atoms with Gasteiger partial charge in [-0.3, -0.25) is 9.59 Å². The first-order valence-electron chi connectivity index (χ1n) is 6.58. The fourth-order valence-electron chi connectivity index (χ4n) is 2.16. The van der Waals surface area contributed by atoms with Gasteiger partial charge in [0, 0.05) is 6.42 Å². The lowest BCUT2D eigenvalue weighted by Gasteiger charge is -2.16. The minimum Gasteiger partial charge on any atom is -0.481 e. The fraction of sp³-hybridized carbons (Fsp3) is 0.467. The summed E-state index contributed by atoms with van der Waals surface area (Å²) >= 11 is 0. The van der Waals surface area contributed by atoms with Gasteiger partial charge >= 0.3 is 11.9 Å². The van der Waals surface area contributed by atoms with Crippen molar-refractivity contribution >= 4 is 11.9 Å². The molecule has 2 N–H and O–H groups in total. The summed E-state index contributed by atoms with van der Waals surface area (Å²) in [6, 6.07) is 7.24. The lowest BCUT2D eigenvalue weighted by atomic mass is 9.88. The number of hydrogen-bond donors (Lipinski definition) is 2. The summed E-state index contributed by atoms with van der Waals surface area (Å²) in [6.45, 7) is 2.02. The zero-order valence-corrected chi connectivity index (χ0v) is 11.1. The van der Waals surface area contributed by atoms with Gasteiger partial charge in [0.1, 0.15) is 0 Å². The standard InChI is InChI=1S/C15H20O4/c1-2-3-7-13(15(18)19)12-8-5-4-6-11(12)9-10-14(16)17/h4-6,8,13H,2-3,7,9-10H2,1H3,(H,16,17)(H,18,19). The summed E-state index contributed by atoms with van der Waals surface area (Å²) in [5.41, 5.74) is 1.58. The Hall–Kier alpha value is -1.84. The second kappa shape index (κ2) is 7.56. The number of carboxylic acid groups (broad SMARTS) is 2. The van der Waals surface area contributed by atoms with E-state index in [0.717, 1.165) is 24.0 Å². The van der Waals surface area contributed by atoms with Gasteiger partial charge in [-0.1, -0.05) is 44.0 Å². The van der Waals surface area contributed by atoms with Crippen LogP contribution in [0.5, 0.6) is 0 Å². The molecule has 1 atom stereocenters. The molecule has 0 fully saturated rings. The molecule has 104 valence electrons. The highest BCUT2D eigenvalue weighted by atomic mass is 16.4. The van der Waals surface area contributed by atoms with E-state index in [-0.39, 0.29) is 6.42 Å². The summed E-state index contributed by atoms with van der Waals surface area (Å²) in [4.78, 5) is 22.0. The average molecular weight is 264 g/mol. The van der Waals surface area contributed by atoms with E-state index in [4.69, 9.17) is 5.11 Å². The number of aryl methyl sites for hydroxylation is 1. The van der Waals surface area contributed by atoms with Crippen LogP contribution in [0.25, 0.3) is 0 Å². The molecule has 0 saturated heterocycles. The summed E-state index contributed by atoms with van der Waals surface area (Å²) < 4.78 is 0. The molecule has 0 aliphatic heterocycles. The van der Waals surface area contributed by atoms with Crippen molar-refractivity contribution in [3.05, 3.63) is 35.4 Å². The maximum atomic E-state index is 11.4. The van der Waals surface area contributed by atoms with Crippen LogP contribution in [0.4, 0.5) is 0 Å². The van der Waals surface area contributed by atoms with Crippen molar-refractivity contribution in [3.63, 3.8) is 0 Å². The molecule has 1 aromatic carbocycles. The quantitative estimate of drug-likeness (QED) is 0.756. The lowest BCUT2D eigenvalue weighted by molar-refractivity contribution is -0.139. The first-order chi connectivity index (χ1) is 9.06. The van der Waals surface area contributed by atoms with Crippen LogP contribution in [0.1, 0.15) is 49.7 Å². The largest absolute Gasteiger partial charge is 0.481 e. The van der Waals surface area contributed by atoms with Crippen molar-refractivity contribution in [1.29, 1.82) is 0 Å². The maximum absolute atomic E-state index is 11.4. The molecule has 0 bridgehead atoms. The van der Waals surface area contributed by atoms with E-state index in [1.54, 1.807) is 6.07 Å². The molecule has 0 aliphatic carbocycles. The Morgan fingerprint density at radius 3 is 2.47 bits per heavy atom. The van der Waals surface area contributed by atoms with E-state index in [1.807, 2.05) is 25.1 Å². The SMILES string of the molecule is CCCCC(C(=O)O)c1ccccc1CCC(=O)O. The summed E-state index contributed by atoms with van der Waals surface area (Å²) in [5.74, 6) is -2.24. The molecular formula is C15H20O4. The van der Waals surface area contributed by atoms with Crippen LogP contribution in [0.3, 0.4) is 0 Å². The Balaban J connectivity index is 2.94. The van der Waals surface area contributed by atoms with E-state index in [1.165, 1.54) is 0 Å². The van der Waals surface area contributed by atoms with Gasteiger partial charge in [-0.15, -0.1) is 0 Å². The zero-order chi connectivity index (χ0) is 14.3. The average Bonchev–Trinajstić information content (AvgIpc) is 2.37. The number of hydrogen-bond acceptors (Lipinski definition) is 2. The van der Waals surface area contributed by atoms with Crippen LogP contribution in [0, 0.1) is 0 Å². The third kappa shape index (κ3) is 4.73. The molecule has 0 amide bonds. The third-order valence-electron chi connectivity index (χ3n) is 3.18. The van der Waals surface area contributed by atoms with Gasteiger partial charge in [0.2, 0.25) is 0 Å². The Morgan fingerprint density at radius 1 is 1.21 bits per heavy atom. The van der Waals surface area contributed by atoms with Crippen molar-refractivity contribution in [1.82, 2.24) is 0 Å². The van der Waals surface area contributed by atoms with Gasteiger partial charge in [0.05, 0.1) is 5.92 Å². The second-order valence-electron chi connectivity index (χ2n) is 4.63. The van der Waals surface area contributed by atoms with Crippen molar-refractivity contribution in [2.45, 2.75) is 44.9 Å². The number of carbonyl (C=O) groups is 2. The normalized spacial score (nSPS) is 12.1. The Kier molecular flexibility index (Phi) is 6.06. The summed E-state index contributed by atoms with van der Waals surface area (Å²) in [6.07, 6.45) is 2.79. The fourth-order valence-corrected chi connectivity index (χ4v) is 2.16. The highest BCUT2D eigenvalue weighted by molar-refractivity contribution is 5.76. The van der Waals surface area contributed by atoms with E-state index >= 15 is 0 Å². The molecule has 1 rings (SSSR count). The lowest BCUT2D eigenvalue weighted by Crippen LogP contribution is -2.14. The minimum atomic E-state index is -0.866. The highest BCUT2D eigenvalue weighted by Gasteiger charge is 2.21. The van der Waals surface area contributed by atoms with Crippen molar-refractivity contribution < 1.29 is 19.8 Å². The molecule has 0 saturated carbocycles. The molecule has 0 spiro atoms. The van der Waals surface area contributed by atoms with E-state index < -0.39 is 17.9 Å². The van der Waals surface area contributed by atoms with Gasteiger partial charge in [-0.25, -0.2) is 0 Å². The molecule has 0 aromatic heterocycles. The summed E-state index contributed by atoms with van der Waals surface area (Å²) in [7, 11) is 0. The monoisotopic (exact) mass is 264 g/mol. The third-order valence-corrected chi connectivity index (χ3v) is 3.18. The molecule has 1 unspecified atom stereocenters. The van der Waals surface area contributed by atoms with Gasteiger partial charge in [-0.05, 0) is 24.0 Å².